The second kappa shape index (κ2) is 4.87. The lowest BCUT2D eigenvalue weighted by Crippen LogP contribution is -1.89. The van der Waals surface area contributed by atoms with E-state index in [1.54, 1.807) is 29.8 Å². The lowest BCUT2D eigenvalue weighted by atomic mass is 10.1. The number of hydrogen-bond donors (Lipinski definition) is 0. The maximum Gasteiger partial charge on any atom is 0.152 e. The second-order valence-corrected chi connectivity index (χ2v) is 4.66. The first kappa shape index (κ1) is 12.5. The molecule has 0 fully saturated rings. The van der Waals surface area contributed by atoms with Crippen LogP contribution in [0.1, 0.15) is 5.69 Å². The number of fused-ring (bicyclic) bond motifs is 1. The molecule has 0 bridgehead atoms. The Morgan fingerprint density at radius 2 is 2.15 bits per heavy atom. The van der Waals surface area contributed by atoms with Gasteiger partial charge in [0.25, 0.3) is 0 Å². The largest absolute Gasteiger partial charge is 0.497 e. The molecule has 3 rings (SSSR count). The first-order valence-electron chi connectivity index (χ1n) is 5.95. The van der Waals surface area contributed by atoms with Crippen molar-refractivity contribution >= 4 is 17.2 Å². The Bertz CT molecular complexity index is 833. The van der Waals surface area contributed by atoms with Gasteiger partial charge in [-0.2, -0.15) is 5.26 Å². The summed E-state index contributed by atoms with van der Waals surface area (Å²) < 4.78 is 6.90. The molecule has 2 heterocycles. The minimum Gasteiger partial charge on any atom is -0.497 e. The maximum atomic E-state index is 9.40. The third-order valence-electron chi connectivity index (χ3n) is 3.03. The summed E-state index contributed by atoms with van der Waals surface area (Å²) in [5, 5.41) is 9.96. The van der Waals surface area contributed by atoms with Gasteiger partial charge in [0.1, 0.15) is 23.2 Å². The van der Waals surface area contributed by atoms with Crippen LogP contribution >= 0.6 is 11.6 Å². The lowest BCUT2D eigenvalue weighted by molar-refractivity contribution is 0.415. The van der Waals surface area contributed by atoms with E-state index in [2.05, 4.69) is 11.1 Å². The molecule has 3 aromatic rings. The zero-order valence-corrected chi connectivity index (χ0v) is 11.4. The number of hydrogen-bond acceptors (Lipinski definition) is 3. The van der Waals surface area contributed by atoms with Crippen molar-refractivity contribution in [1.29, 1.82) is 5.26 Å². The Kier molecular flexibility index (Phi) is 3.05. The molecule has 5 heteroatoms. The molecule has 0 aliphatic carbocycles. The number of benzene rings is 1. The van der Waals surface area contributed by atoms with E-state index in [4.69, 9.17) is 16.3 Å². The van der Waals surface area contributed by atoms with Crippen LogP contribution in [0.5, 0.6) is 5.75 Å². The number of aromatic nitrogens is 2. The number of pyridine rings is 1. The van der Waals surface area contributed by atoms with Crippen molar-refractivity contribution < 1.29 is 4.74 Å². The normalized spacial score (nSPS) is 10.4. The van der Waals surface area contributed by atoms with Gasteiger partial charge < -0.3 is 4.74 Å². The van der Waals surface area contributed by atoms with E-state index in [-0.39, 0.29) is 0 Å². The fourth-order valence-corrected chi connectivity index (χ4v) is 2.26. The summed E-state index contributed by atoms with van der Waals surface area (Å²) in [5.74, 6) is 0.724. The number of ether oxygens (including phenoxy) is 1. The fraction of sp³-hybridized carbons (Fsp3) is 0.0667. The third-order valence-corrected chi connectivity index (χ3v) is 3.26. The van der Waals surface area contributed by atoms with Crippen molar-refractivity contribution in [1.82, 2.24) is 9.38 Å². The molecule has 4 nitrogen and oxygen atoms in total. The number of rotatable bonds is 2. The second-order valence-electron chi connectivity index (χ2n) is 4.23. The molecule has 1 aromatic carbocycles. The van der Waals surface area contributed by atoms with Crippen molar-refractivity contribution in [3.63, 3.8) is 0 Å². The predicted octanol–water partition coefficient (Wildman–Crippen LogP) is 3.53. The van der Waals surface area contributed by atoms with E-state index in [1.165, 1.54) is 0 Å². The summed E-state index contributed by atoms with van der Waals surface area (Å²) in [4.78, 5) is 4.50. The van der Waals surface area contributed by atoms with Crippen LogP contribution in [0, 0.1) is 11.3 Å². The maximum absolute atomic E-state index is 9.40. The number of methoxy groups -OCH3 is 1. The van der Waals surface area contributed by atoms with Crippen molar-refractivity contribution in [2.75, 3.05) is 7.11 Å². The monoisotopic (exact) mass is 283 g/mol. The molecule has 98 valence electrons. The van der Waals surface area contributed by atoms with E-state index >= 15 is 0 Å². The summed E-state index contributed by atoms with van der Waals surface area (Å²) in [6.07, 6.45) is 1.69. The van der Waals surface area contributed by atoms with Crippen LogP contribution in [0.2, 0.25) is 5.02 Å². The predicted molar refractivity (Wildman–Crippen MR) is 76.9 cm³/mol. The summed E-state index contributed by atoms with van der Waals surface area (Å²) in [6.45, 7) is 0. The van der Waals surface area contributed by atoms with Gasteiger partial charge in [-0.05, 0) is 24.3 Å². The Morgan fingerprint density at radius 1 is 1.30 bits per heavy atom. The Labute approximate surface area is 120 Å². The minimum absolute atomic E-state index is 0.454. The van der Waals surface area contributed by atoms with Gasteiger partial charge in [-0.15, -0.1) is 0 Å². The first-order chi connectivity index (χ1) is 9.72. The average Bonchev–Trinajstić information content (AvgIpc) is 2.85. The van der Waals surface area contributed by atoms with Gasteiger partial charge in [0.05, 0.1) is 12.1 Å². The zero-order chi connectivity index (χ0) is 14.1. The van der Waals surface area contributed by atoms with E-state index in [0.717, 1.165) is 11.3 Å². The van der Waals surface area contributed by atoms with Crippen molar-refractivity contribution in [3.8, 4) is 23.1 Å². The molecule has 0 radical (unpaired) electrons. The van der Waals surface area contributed by atoms with Crippen LogP contribution in [0.25, 0.3) is 16.9 Å². The standard InChI is InChI=1S/C15H10ClN3O/c1-20-12-4-2-3-10(7-12)15-13(8-17)19-9-11(16)5-6-14(19)18-15/h2-7,9H,1H3. The SMILES string of the molecule is COc1cccc(-c2nc3ccc(Cl)cn3c2C#N)c1. The van der Waals surface area contributed by atoms with Crippen LogP contribution in [0.3, 0.4) is 0 Å². The molecule has 2 aromatic heterocycles. The molecular formula is C15H10ClN3O. The van der Waals surface area contributed by atoms with Gasteiger partial charge in [-0.25, -0.2) is 4.98 Å². The van der Waals surface area contributed by atoms with Crippen LogP contribution in [-0.4, -0.2) is 16.5 Å². The molecule has 0 amide bonds. The van der Waals surface area contributed by atoms with E-state index < -0.39 is 0 Å². The van der Waals surface area contributed by atoms with Gasteiger partial charge in [0.2, 0.25) is 0 Å². The van der Waals surface area contributed by atoms with Gasteiger partial charge in [-0.1, -0.05) is 23.7 Å². The smallest absolute Gasteiger partial charge is 0.152 e. The summed E-state index contributed by atoms with van der Waals surface area (Å²) in [6, 6.07) is 13.2. The molecule has 0 saturated heterocycles. The summed E-state index contributed by atoms with van der Waals surface area (Å²) in [5.41, 5.74) is 2.59. The van der Waals surface area contributed by atoms with Gasteiger partial charge >= 0.3 is 0 Å². The highest BCUT2D eigenvalue weighted by atomic mass is 35.5. The summed E-state index contributed by atoms with van der Waals surface area (Å²) >= 11 is 5.97. The molecular weight excluding hydrogens is 274 g/mol. The van der Waals surface area contributed by atoms with Crippen LogP contribution in [-0.2, 0) is 0 Å². The zero-order valence-electron chi connectivity index (χ0n) is 10.7. The quantitative estimate of drug-likeness (QED) is 0.723. The molecule has 0 spiro atoms. The van der Waals surface area contributed by atoms with Crippen LogP contribution < -0.4 is 4.74 Å². The fourth-order valence-electron chi connectivity index (χ4n) is 2.10. The lowest BCUT2D eigenvalue weighted by Gasteiger charge is -2.02. The van der Waals surface area contributed by atoms with Gasteiger partial charge in [0, 0.05) is 11.8 Å². The average molecular weight is 284 g/mol. The number of nitrogens with zero attached hydrogens (tertiary/aromatic N) is 3. The minimum atomic E-state index is 0.454. The Balaban J connectivity index is 2.28. The van der Waals surface area contributed by atoms with Crippen LogP contribution in [0.15, 0.2) is 42.6 Å². The van der Waals surface area contributed by atoms with Crippen molar-refractivity contribution in [2.45, 2.75) is 0 Å². The highest BCUT2D eigenvalue weighted by Gasteiger charge is 2.14. The third kappa shape index (κ3) is 1.98. The van der Waals surface area contributed by atoms with Gasteiger partial charge in [-0.3, -0.25) is 4.40 Å². The molecule has 20 heavy (non-hydrogen) atoms. The Hall–Kier alpha value is -2.51. The number of nitriles is 1. The first-order valence-corrected chi connectivity index (χ1v) is 6.33. The topological polar surface area (TPSA) is 50.3 Å². The highest BCUT2D eigenvalue weighted by molar-refractivity contribution is 6.30. The molecule has 0 unspecified atom stereocenters. The molecule has 0 atom stereocenters. The van der Waals surface area contributed by atoms with Gasteiger partial charge in [0.15, 0.2) is 5.69 Å². The summed E-state index contributed by atoms with van der Waals surface area (Å²) in [7, 11) is 1.60. The number of halogens is 1. The van der Waals surface area contributed by atoms with Crippen molar-refractivity contribution in [2.24, 2.45) is 0 Å². The highest BCUT2D eigenvalue weighted by Crippen LogP contribution is 2.27. The van der Waals surface area contributed by atoms with Crippen molar-refractivity contribution in [3.05, 3.63) is 53.3 Å². The molecule has 0 N–H and O–H groups in total. The molecule has 0 aliphatic heterocycles. The molecule has 0 aliphatic rings. The Morgan fingerprint density at radius 3 is 2.90 bits per heavy atom. The van der Waals surface area contributed by atoms with E-state index in [9.17, 15) is 5.26 Å². The van der Waals surface area contributed by atoms with E-state index in [1.807, 2.05) is 24.3 Å². The molecule has 0 saturated carbocycles. The van der Waals surface area contributed by atoms with Crippen LogP contribution in [0.4, 0.5) is 0 Å². The number of imidazole rings is 1. The van der Waals surface area contributed by atoms with E-state index in [0.29, 0.717) is 22.1 Å².